The van der Waals surface area contributed by atoms with Gasteiger partial charge >= 0.3 is 0 Å². The third-order valence-corrected chi connectivity index (χ3v) is 3.31. The Hall–Kier alpha value is -0.940. The van der Waals surface area contributed by atoms with Crippen molar-refractivity contribution in [3.63, 3.8) is 0 Å². The maximum absolute atomic E-state index is 13.6. The zero-order valence-corrected chi connectivity index (χ0v) is 11.1. The molecule has 0 aliphatic carbocycles. The first kappa shape index (κ1) is 12.5. The Morgan fingerprint density at radius 3 is 2.71 bits per heavy atom. The average molecular weight is 304 g/mol. The highest BCUT2D eigenvalue weighted by Gasteiger charge is 2.20. The molecule has 0 spiro atoms. The summed E-state index contributed by atoms with van der Waals surface area (Å²) in [5.74, 6) is -1.19. The molecule has 0 saturated carbocycles. The van der Waals surface area contributed by atoms with Crippen LogP contribution < -0.4 is 5.32 Å². The fourth-order valence-electron chi connectivity index (χ4n) is 1.95. The molecule has 0 saturated heterocycles. The third-order valence-electron chi connectivity index (χ3n) is 2.68. The fraction of sp³-hybridized carbons (Fsp3) is 0.333. The van der Waals surface area contributed by atoms with Gasteiger partial charge in [-0.15, -0.1) is 0 Å². The molecule has 17 heavy (non-hydrogen) atoms. The Morgan fingerprint density at radius 1 is 1.41 bits per heavy atom. The minimum absolute atomic E-state index is 0.0148. The van der Waals surface area contributed by atoms with Crippen LogP contribution in [0.3, 0.4) is 0 Å². The quantitative estimate of drug-likeness (QED) is 0.874. The van der Waals surface area contributed by atoms with E-state index in [0.29, 0.717) is 28.6 Å². The minimum atomic E-state index is -0.930. The number of benzene rings is 1. The van der Waals surface area contributed by atoms with Crippen LogP contribution in [0.5, 0.6) is 0 Å². The van der Waals surface area contributed by atoms with Crippen LogP contribution in [-0.4, -0.2) is 7.05 Å². The van der Waals surface area contributed by atoms with Crippen molar-refractivity contribution in [1.29, 1.82) is 0 Å². The Kier molecular flexibility index (Phi) is 3.49. The molecule has 2 aromatic rings. The fourth-order valence-corrected chi connectivity index (χ4v) is 2.57. The van der Waals surface area contributed by atoms with Crippen LogP contribution in [0.1, 0.15) is 18.2 Å². The summed E-state index contributed by atoms with van der Waals surface area (Å²) in [7, 11) is 1.78. The molecule has 0 atom stereocenters. The van der Waals surface area contributed by atoms with Crippen LogP contribution in [0.25, 0.3) is 11.0 Å². The maximum atomic E-state index is 13.6. The molecule has 0 unspecified atom stereocenters. The molecule has 1 aromatic carbocycles. The zero-order chi connectivity index (χ0) is 12.6. The van der Waals surface area contributed by atoms with E-state index in [1.54, 1.807) is 7.05 Å². The van der Waals surface area contributed by atoms with Crippen LogP contribution in [0.15, 0.2) is 15.0 Å². The Balaban J connectivity index is 2.81. The molecule has 0 fully saturated rings. The summed E-state index contributed by atoms with van der Waals surface area (Å²) in [6.07, 6.45) is 0.702. The molecule has 0 bridgehead atoms. The molecule has 0 radical (unpaired) electrons. The van der Waals surface area contributed by atoms with Gasteiger partial charge in [-0.2, -0.15) is 4.39 Å². The van der Waals surface area contributed by atoms with Crippen molar-refractivity contribution in [2.75, 3.05) is 7.05 Å². The van der Waals surface area contributed by atoms with Gasteiger partial charge in [-0.1, -0.05) is 6.92 Å². The van der Waals surface area contributed by atoms with Gasteiger partial charge in [0.05, 0.1) is 6.54 Å². The summed E-state index contributed by atoms with van der Waals surface area (Å²) >= 11 is 3.25. The second-order valence-corrected chi connectivity index (χ2v) is 4.60. The average Bonchev–Trinajstić information content (AvgIpc) is 2.65. The first-order chi connectivity index (χ1) is 8.10. The summed E-state index contributed by atoms with van der Waals surface area (Å²) in [6.45, 7) is 2.45. The van der Waals surface area contributed by atoms with Gasteiger partial charge in [-0.25, -0.2) is 4.39 Å². The zero-order valence-electron chi connectivity index (χ0n) is 9.53. The molecule has 2 nitrogen and oxygen atoms in total. The van der Waals surface area contributed by atoms with E-state index in [0.717, 1.165) is 11.6 Å². The molecular formula is C12H12BrF2NO. The van der Waals surface area contributed by atoms with Crippen molar-refractivity contribution < 1.29 is 13.2 Å². The maximum Gasteiger partial charge on any atom is 0.201 e. The summed E-state index contributed by atoms with van der Waals surface area (Å²) in [5.41, 5.74) is 0.888. The van der Waals surface area contributed by atoms with Crippen molar-refractivity contribution >= 4 is 26.9 Å². The Morgan fingerprint density at radius 2 is 2.12 bits per heavy atom. The molecule has 0 aliphatic rings. The topological polar surface area (TPSA) is 25.2 Å². The second kappa shape index (κ2) is 4.74. The van der Waals surface area contributed by atoms with E-state index in [4.69, 9.17) is 4.42 Å². The molecule has 1 N–H and O–H groups in total. The van der Waals surface area contributed by atoms with Gasteiger partial charge in [-0.3, -0.25) is 0 Å². The lowest BCUT2D eigenvalue weighted by Crippen LogP contribution is -2.05. The van der Waals surface area contributed by atoms with Gasteiger partial charge in [0.2, 0.25) is 5.82 Å². The van der Waals surface area contributed by atoms with Crippen LogP contribution in [0, 0.1) is 11.6 Å². The first-order valence-corrected chi connectivity index (χ1v) is 6.11. The molecule has 1 heterocycles. The lowest BCUT2D eigenvalue weighted by molar-refractivity contribution is 0.471. The monoisotopic (exact) mass is 303 g/mol. The number of hydrogen-bond acceptors (Lipinski definition) is 2. The van der Waals surface area contributed by atoms with E-state index < -0.39 is 11.6 Å². The van der Waals surface area contributed by atoms with E-state index >= 15 is 0 Å². The molecular weight excluding hydrogens is 292 g/mol. The van der Waals surface area contributed by atoms with Gasteiger partial charge in [0, 0.05) is 15.4 Å². The highest BCUT2D eigenvalue weighted by Crippen LogP contribution is 2.35. The summed E-state index contributed by atoms with van der Waals surface area (Å²) in [5, 5.41) is 3.57. The number of nitrogens with one attached hydrogen (secondary N) is 1. The third kappa shape index (κ3) is 1.98. The smallest absolute Gasteiger partial charge is 0.201 e. The largest absolute Gasteiger partial charge is 0.456 e. The van der Waals surface area contributed by atoms with Gasteiger partial charge in [0.1, 0.15) is 5.76 Å². The van der Waals surface area contributed by atoms with Crippen molar-refractivity contribution in [2.45, 2.75) is 19.9 Å². The number of rotatable bonds is 3. The highest BCUT2D eigenvalue weighted by molar-refractivity contribution is 9.10. The predicted molar refractivity (Wildman–Crippen MR) is 66.0 cm³/mol. The van der Waals surface area contributed by atoms with Gasteiger partial charge in [0.25, 0.3) is 0 Å². The van der Waals surface area contributed by atoms with E-state index in [9.17, 15) is 8.78 Å². The molecule has 2 rings (SSSR count). The van der Waals surface area contributed by atoms with Crippen LogP contribution in [-0.2, 0) is 13.0 Å². The van der Waals surface area contributed by atoms with Crippen molar-refractivity contribution in [2.24, 2.45) is 0 Å². The van der Waals surface area contributed by atoms with E-state index in [1.807, 2.05) is 6.92 Å². The number of hydrogen-bond donors (Lipinski definition) is 1. The second-order valence-electron chi connectivity index (χ2n) is 3.75. The normalized spacial score (nSPS) is 11.4. The van der Waals surface area contributed by atoms with Crippen molar-refractivity contribution in [3.8, 4) is 0 Å². The number of halogens is 3. The lowest BCUT2D eigenvalue weighted by Gasteiger charge is -2.00. The molecule has 0 aliphatic heterocycles. The lowest BCUT2D eigenvalue weighted by atomic mass is 10.1. The van der Waals surface area contributed by atoms with Gasteiger partial charge < -0.3 is 9.73 Å². The number of fused-ring (bicyclic) bond motifs is 1. The Labute approximate surface area is 106 Å². The Bertz CT molecular complexity index is 565. The minimum Gasteiger partial charge on any atom is -0.456 e. The standard InChI is InChI=1S/C12H12BrF2NO/c1-3-6-9(5-16-2)17-12-10(6)7(13)4-8(14)11(12)15/h4,16H,3,5H2,1-2H3. The summed E-state index contributed by atoms with van der Waals surface area (Å²) < 4.78 is 32.8. The van der Waals surface area contributed by atoms with E-state index in [1.165, 1.54) is 0 Å². The van der Waals surface area contributed by atoms with Gasteiger partial charge in [0.15, 0.2) is 11.4 Å². The van der Waals surface area contributed by atoms with E-state index in [2.05, 4.69) is 21.2 Å². The van der Waals surface area contributed by atoms with Crippen molar-refractivity contribution in [1.82, 2.24) is 5.32 Å². The van der Waals surface area contributed by atoms with Crippen LogP contribution in [0.4, 0.5) is 8.78 Å². The summed E-state index contributed by atoms with van der Waals surface area (Å²) in [6, 6.07) is 1.13. The summed E-state index contributed by atoms with van der Waals surface area (Å²) in [4.78, 5) is 0. The van der Waals surface area contributed by atoms with Crippen molar-refractivity contribution in [3.05, 3.63) is 33.5 Å². The predicted octanol–water partition coefficient (Wildman–Crippen LogP) is 3.76. The van der Waals surface area contributed by atoms with E-state index in [-0.39, 0.29) is 5.58 Å². The SMILES string of the molecule is CCc1c(CNC)oc2c(F)c(F)cc(Br)c12. The number of furan rings is 1. The first-order valence-electron chi connectivity index (χ1n) is 5.32. The highest BCUT2D eigenvalue weighted by atomic mass is 79.9. The number of aryl methyl sites for hydroxylation is 1. The molecule has 0 amide bonds. The van der Waals surface area contributed by atoms with Gasteiger partial charge in [-0.05, 0) is 35.5 Å². The molecule has 92 valence electrons. The van der Waals surface area contributed by atoms with Crippen LogP contribution >= 0.6 is 15.9 Å². The molecule has 1 aromatic heterocycles. The molecule has 5 heteroatoms. The van der Waals surface area contributed by atoms with Crippen LogP contribution in [0.2, 0.25) is 0 Å².